The Morgan fingerprint density at radius 1 is 1.18 bits per heavy atom. The summed E-state index contributed by atoms with van der Waals surface area (Å²) in [4.78, 5) is 0. The standard InChI is InChI=1S/C14H21NO2/c16-11-14(8-4-5-9-14)15-10-13(17)12-6-2-1-3-7-12/h1-3,6-7,13,15-17H,4-5,8-11H2. The third-order valence-corrected chi connectivity index (χ3v) is 3.72. The first kappa shape index (κ1) is 12.6. The zero-order chi connectivity index (χ0) is 12.1. The van der Waals surface area contributed by atoms with E-state index in [4.69, 9.17) is 0 Å². The molecule has 1 aliphatic rings. The maximum absolute atomic E-state index is 10.0. The van der Waals surface area contributed by atoms with Gasteiger partial charge in [-0.1, -0.05) is 43.2 Å². The van der Waals surface area contributed by atoms with Crippen molar-refractivity contribution >= 4 is 0 Å². The summed E-state index contributed by atoms with van der Waals surface area (Å²) in [6, 6.07) is 9.64. The van der Waals surface area contributed by atoms with Gasteiger partial charge in [-0.25, -0.2) is 0 Å². The molecule has 0 heterocycles. The van der Waals surface area contributed by atoms with Gasteiger partial charge in [0.05, 0.1) is 12.7 Å². The van der Waals surface area contributed by atoms with Gasteiger partial charge in [0.2, 0.25) is 0 Å². The summed E-state index contributed by atoms with van der Waals surface area (Å²) < 4.78 is 0. The fourth-order valence-electron chi connectivity index (χ4n) is 2.55. The van der Waals surface area contributed by atoms with E-state index in [-0.39, 0.29) is 12.1 Å². The van der Waals surface area contributed by atoms with Crippen molar-refractivity contribution in [3.8, 4) is 0 Å². The summed E-state index contributed by atoms with van der Waals surface area (Å²) in [5, 5.41) is 22.8. The Labute approximate surface area is 102 Å². The molecule has 94 valence electrons. The van der Waals surface area contributed by atoms with Gasteiger partial charge in [0.15, 0.2) is 0 Å². The van der Waals surface area contributed by atoms with Gasteiger partial charge in [-0.05, 0) is 18.4 Å². The number of rotatable bonds is 5. The highest BCUT2D eigenvalue weighted by atomic mass is 16.3. The van der Waals surface area contributed by atoms with Crippen LogP contribution in [0.5, 0.6) is 0 Å². The summed E-state index contributed by atoms with van der Waals surface area (Å²) in [5.41, 5.74) is 0.765. The molecule has 1 aromatic carbocycles. The van der Waals surface area contributed by atoms with Crippen LogP contribution in [0.2, 0.25) is 0 Å². The SMILES string of the molecule is OCC1(NCC(O)c2ccccc2)CCCC1. The van der Waals surface area contributed by atoms with Crippen LogP contribution in [0.15, 0.2) is 30.3 Å². The molecular formula is C14H21NO2. The van der Waals surface area contributed by atoms with Crippen molar-refractivity contribution in [2.24, 2.45) is 0 Å². The van der Waals surface area contributed by atoms with E-state index in [0.717, 1.165) is 31.2 Å². The van der Waals surface area contributed by atoms with Gasteiger partial charge in [0.25, 0.3) is 0 Å². The third-order valence-electron chi connectivity index (χ3n) is 3.72. The van der Waals surface area contributed by atoms with E-state index in [9.17, 15) is 10.2 Å². The average molecular weight is 235 g/mol. The van der Waals surface area contributed by atoms with Crippen molar-refractivity contribution in [2.75, 3.05) is 13.2 Å². The van der Waals surface area contributed by atoms with Crippen molar-refractivity contribution in [1.82, 2.24) is 5.32 Å². The number of aliphatic hydroxyl groups is 2. The molecular weight excluding hydrogens is 214 g/mol. The third kappa shape index (κ3) is 3.06. The predicted octanol–water partition coefficient (Wildman–Crippen LogP) is 1.61. The highest BCUT2D eigenvalue weighted by Crippen LogP contribution is 2.29. The number of hydrogen-bond donors (Lipinski definition) is 3. The molecule has 0 aliphatic heterocycles. The average Bonchev–Trinajstić information content (AvgIpc) is 2.86. The summed E-state index contributed by atoms with van der Waals surface area (Å²) in [5.74, 6) is 0. The lowest BCUT2D eigenvalue weighted by Crippen LogP contribution is -2.47. The van der Waals surface area contributed by atoms with Crippen molar-refractivity contribution in [2.45, 2.75) is 37.3 Å². The monoisotopic (exact) mass is 235 g/mol. The summed E-state index contributed by atoms with van der Waals surface area (Å²) in [6.45, 7) is 0.666. The van der Waals surface area contributed by atoms with Crippen LogP contribution in [0.25, 0.3) is 0 Å². The Kier molecular flexibility index (Phi) is 4.15. The molecule has 1 atom stereocenters. The minimum Gasteiger partial charge on any atom is -0.394 e. The Hall–Kier alpha value is -0.900. The van der Waals surface area contributed by atoms with Gasteiger partial charge < -0.3 is 15.5 Å². The van der Waals surface area contributed by atoms with Gasteiger partial charge in [0.1, 0.15) is 0 Å². The highest BCUT2D eigenvalue weighted by Gasteiger charge is 2.32. The molecule has 0 radical (unpaired) electrons. The second-order valence-corrected chi connectivity index (χ2v) is 4.95. The normalized spacial score (nSPS) is 20.4. The molecule has 1 fully saturated rings. The summed E-state index contributed by atoms with van der Waals surface area (Å²) in [7, 11) is 0. The topological polar surface area (TPSA) is 52.5 Å². The molecule has 0 spiro atoms. The molecule has 0 bridgehead atoms. The van der Waals surface area contributed by atoms with Crippen molar-refractivity contribution < 1.29 is 10.2 Å². The second kappa shape index (κ2) is 5.63. The van der Waals surface area contributed by atoms with Crippen LogP contribution in [-0.4, -0.2) is 28.9 Å². The molecule has 17 heavy (non-hydrogen) atoms. The second-order valence-electron chi connectivity index (χ2n) is 4.95. The van der Waals surface area contributed by atoms with Crippen LogP contribution in [0.1, 0.15) is 37.4 Å². The minimum absolute atomic E-state index is 0.157. The Morgan fingerprint density at radius 2 is 1.82 bits per heavy atom. The maximum Gasteiger partial charge on any atom is 0.0914 e. The largest absolute Gasteiger partial charge is 0.394 e. The predicted molar refractivity (Wildman–Crippen MR) is 67.7 cm³/mol. The molecule has 3 nitrogen and oxygen atoms in total. The highest BCUT2D eigenvalue weighted by molar-refractivity contribution is 5.17. The molecule has 1 aromatic rings. The lowest BCUT2D eigenvalue weighted by atomic mass is 9.98. The van der Waals surface area contributed by atoms with Crippen molar-refractivity contribution in [1.29, 1.82) is 0 Å². The van der Waals surface area contributed by atoms with Crippen LogP contribution in [0, 0.1) is 0 Å². The molecule has 3 heteroatoms. The van der Waals surface area contributed by atoms with E-state index in [2.05, 4.69) is 5.32 Å². The lowest BCUT2D eigenvalue weighted by molar-refractivity contribution is 0.122. The minimum atomic E-state index is -0.500. The molecule has 1 saturated carbocycles. The smallest absolute Gasteiger partial charge is 0.0914 e. The molecule has 0 amide bonds. The number of hydrogen-bond acceptors (Lipinski definition) is 3. The van der Waals surface area contributed by atoms with Crippen LogP contribution < -0.4 is 5.32 Å². The summed E-state index contributed by atoms with van der Waals surface area (Å²) in [6.07, 6.45) is 3.83. The first-order valence-electron chi connectivity index (χ1n) is 6.35. The first-order chi connectivity index (χ1) is 8.26. The van der Waals surface area contributed by atoms with E-state index in [1.165, 1.54) is 0 Å². The van der Waals surface area contributed by atoms with Gasteiger partial charge >= 0.3 is 0 Å². The van der Waals surface area contributed by atoms with Gasteiger partial charge in [-0.3, -0.25) is 0 Å². The molecule has 1 aliphatic carbocycles. The van der Waals surface area contributed by atoms with Gasteiger partial charge in [-0.2, -0.15) is 0 Å². The first-order valence-corrected chi connectivity index (χ1v) is 6.35. The van der Waals surface area contributed by atoms with Crippen LogP contribution in [0.3, 0.4) is 0 Å². The molecule has 0 aromatic heterocycles. The molecule has 3 N–H and O–H groups in total. The van der Waals surface area contributed by atoms with Crippen LogP contribution in [-0.2, 0) is 0 Å². The number of nitrogens with one attached hydrogen (secondary N) is 1. The van der Waals surface area contributed by atoms with Crippen LogP contribution in [0.4, 0.5) is 0 Å². The molecule has 1 unspecified atom stereocenters. The quantitative estimate of drug-likeness (QED) is 0.727. The fraction of sp³-hybridized carbons (Fsp3) is 0.571. The lowest BCUT2D eigenvalue weighted by Gasteiger charge is -2.29. The summed E-state index contributed by atoms with van der Waals surface area (Å²) >= 11 is 0. The Bertz CT molecular complexity index is 333. The fourth-order valence-corrected chi connectivity index (χ4v) is 2.55. The molecule has 2 rings (SSSR count). The van der Waals surface area contributed by atoms with E-state index < -0.39 is 6.10 Å². The van der Waals surface area contributed by atoms with Crippen LogP contribution >= 0.6 is 0 Å². The number of β-amino-alcohol motifs (C(OH)–C–C–N with tert-alkyl or cyclic N) is 1. The number of aliphatic hydroxyl groups excluding tert-OH is 2. The maximum atomic E-state index is 10.0. The van der Waals surface area contributed by atoms with Gasteiger partial charge in [0, 0.05) is 12.1 Å². The van der Waals surface area contributed by atoms with E-state index in [1.54, 1.807) is 0 Å². The number of benzene rings is 1. The van der Waals surface area contributed by atoms with E-state index >= 15 is 0 Å². The Morgan fingerprint density at radius 3 is 2.41 bits per heavy atom. The van der Waals surface area contributed by atoms with Gasteiger partial charge in [-0.15, -0.1) is 0 Å². The Balaban J connectivity index is 1.89. The van der Waals surface area contributed by atoms with E-state index in [1.807, 2.05) is 30.3 Å². The van der Waals surface area contributed by atoms with Crippen molar-refractivity contribution in [3.05, 3.63) is 35.9 Å². The zero-order valence-electron chi connectivity index (χ0n) is 10.1. The zero-order valence-corrected chi connectivity index (χ0v) is 10.1. The van der Waals surface area contributed by atoms with E-state index in [0.29, 0.717) is 6.54 Å². The molecule has 0 saturated heterocycles. The van der Waals surface area contributed by atoms with Crippen molar-refractivity contribution in [3.63, 3.8) is 0 Å².